The number of hydrogen-bond donors (Lipinski definition) is 2. The van der Waals surface area contributed by atoms with Crippen molar-refractivity contribution < 1.29 is 9.47 Å². The molecule has 6 nitrogen and oxygen atoms in total. The first-order valence-corrected chi connectivity index (χ1v) is 11.7. The highest BCUT2D eigenvalue weighted by molar-refractivity contribution is 7.80. The summed E-state index contributed by atoms with van der Waals surface area (Å²) < 4.78 is 10.5. The predicted molar refractivity (Wildman–Crippen MR) is 145 cm³/mol. The highest BCUT2D eigenvalue weighted by Crippen LogP contribution is 2.21. The quantitative estimate of drug-likeness (QED) is 0.333. The summed E-state index contributed by atoms with van der Waals surface area (Å²) in [4.78, 5) is 18.1. The van der Waals surface area contributed by atoms with Gasteiger partial charge in [0.25, 0.3) is 5.56 Å². The Balaban J connectivity index is 1.64. The van der Waals surface area contributed by atoms with Gasteiger partial charge in [0, 0.05) is 17.8 Å². The molecular formula is C28H29N3O3S. The van der Waals surface area contributed by atoms with Crippen LogP contribution in [0.5, 0.6) is 11.5 Å². The maximum atomic E-state index is 13.0. The molecule has 1 aromatic heterocycles. The molecule has 180 valence electrons. The molecule has 0 saturated heterocycles. The van der Waals surface area contributed by atoms with Crippen LogP contribution in [0.15, 0.2) is 71.5 Å². The number of aryl methyl sites for hydroxylation is 2. The summed E-state index contributed by atoms with van der Waals surface area (Å²) in [6, 6.07) is 21.5. The van der Waals surface area contributed by atoms with Gasteiger partial charge in [-0.25, -0.2) is 0 Å². The highest BCUT2D eigenvalue weighted by atomic mass is 32.1. The Morgan fingerprint density at radius 2 is 1.54 bits per heavy atom. The molecule has 35 heavy (non-hydrogen) atoms. The Morgan fingerprint density at radius 1 is 0.914 bits per heavy atom. The number of nitrogens with one attached hydrogen (secondary N) is 2. The number of thiocarbonyl (C=S) groups is 1. The van der Waals surface area contributed by atoms with Crippen molar-refractivity contribution >= 4 is 33.9 Å². The molecule has 2 N–H and O–H groups in total. The maximum Gasteiger partial charge on any atom is 0.253 e. The van der Waals surface area contributed by atoms with Crippen molar-refractivity contribution in [2.24, 2.45) is 0 Å². The number of benzene rings is 3. The average molecular weight is 488 g/mol. The highest BCUT2D eigenvalue weighted by Gasteiger charge is 2.15. The van der Waals surface area contributed by atoms with Crippen molar-refractivity contribution in [3.8, 4) is 11.5 Å². The fourth-order valence-corrected chi connectivity index (χ4v) is 4.17. The monoisotopic (exact) mass is 487 g/mol. The normalized spacial score (nSPS) is 10.7. The summed E-state index contributed by atoms with van der Waals surface area (Å²) in [6.07, 6.45) is 0. The summed E-state index contributed by atoms with van der Waals surface area (Å²) in [5, 5.41) is 4.81. The second kappa shape index (κ2) is 10.6. The Kier molecular flexibility index (Phi) is 7.36. The number of ether oxygens (including phenoxy) is 2. The van der Waals surface area contributed by atoms with Crippen LogP contribution in [0.3, 0.4) is 0 Å². The number of nitrogens with zero attached hydrogens (tertiary/aromatic N) is 1. The Morgan fingerprint density at radius 3 is 2.17 bits per heavy atom. The molecule has 7 heteroatoms. The summed E-state index contributed by atoms with van der Waals surface area (Å²) in [7, 11) is 3.28. The number of fused-ring (bicyclic) bond motifs is 1. The Labute approximate surface area is 210 Å². The van der Waals surface area contributed by atoms with Crippen molar-refractivity contribution in [3.05, 3.63) is 99.3 Å². The summed E-state index contributed by atoms with van der Waals surface area (Å²) in [6.45, 7) is 4.95. The van der Waals surface area contributed by atoms with Crippen LogP contribution in [-0.2, 0) is 13.1 Å². The zero-order chi connectivity index (χ0) is 24.9. The minimum Gasteiger partial charge on any atom is -0.497 e. The molecule has 3 aromatic carbocycles. The first kappa shape index (κ1) is 24.3. The van der Waals surface area contributed by atoms with Gasteiger partial charge in [0.1, 0.15) is 11.5 Å². The van der Waals surface area contributed by atoms with Crippen molar-refractivity contribution in [2.45, 2.75) is 26.9 Å². The molecule has 0 bridgehead atoms. The lowest BCUT2D eigenvalue weighted by Crippen LogP contribution is -2.35. The average Bonchev–Trinajstić information content (AvgIpc) is 2.87. The number of rotatable bonds is 7. The van der Waals surface area contributed by atoms with Crippen LogP contribution < -0.4 is 20.3 Å². The van der Waals surface area contributed by atoms with E-state index in [4.69, 9.17) is 21.7 Å². The summed E-state index contributed by atoms with van der Waals surface area (Å²) in [5.74, 6) is 1.56. The lowest BCUT2D eigenvalue weighted by atomic mass is 10.0. The smallest absolute Gasteiger partial charge is 0.253 e. The molecule has 0 aliphatic rings. The SMILES string of the molecule is COc1ccc(CN(Cc2cc3ccc(C)c(C)c3[nH]c2=O)C(=S)Nc2ccc(OC)cc2)cc1. The number of hydrogen-bond acceptors (Lipinski definition) is 4. The van der Waals surface area contributed by atoms with Gasteiger partial charge in [0.05, 0.1) is 26.3 Å². The van der Waals surface area contributed by atoms with Crippen LogP contribution in [0.2, 0.25) is 0 Å². The van der Waals surface area contributed by atoms with E-state index in [-0.39, 0.29) is 5.56 Å². The molecule has 0 aliphatic heterocycles. The summed E-state index contributed by atoms with van der Waals surface area (Å²) in [5.41, 5.74) is 5.53. The second-order valence-corrected chi connectivity index (χ2v) is 8.84. The van der Waals surface area contributed by atoms with Gasteiger partial charge in [-0.2, -0.15) is 0 Å². The van der Waals surface area contributed by atoms with Crippen LogP contribution in [0.25, 0.3) is 10.9 Å². The van der Waals surface area contributed by atoms with Crippen LogP contribution in [0.1, 0.15) is 22.3 Å². The van der Waals surface area contributed by atoms with Crippen molar-refractivity contribution in [1.29, 1.82) is 0 Å². The van der Waals surface area contributed by atoms with Gasteiger partial charge in [-0.15, -0.1) is 0 Å². The summed E-state index contributed by atoms with van der Waals surface area (Å²) >= 11 is 5.79. The topological polar surface area (TPSA) is 66.6 Å². The molecule has 0 spiro atoms. The van der Waals surface area contributed by atoms with Crippen LogP contribution in [0.4, 0.5) is 5.69 Å². The zero-order valence-corrected chi connectivity index (χ0v) is 21.2. The minimum atomic E-state index is -0.113. The van der Waals surface area contributed by atoms with Crippen LogP contribution in [0, 0.1) is 13.8 Å². The largest absolute Gasteiger partial charge is 0.497 e. The van der Waals surface area contributed by atoms with Gasteiger partial charge in [-0.3, -0.25) is 4.79 Å². The third-order valence-corrected chi connectivity index (χ3v) is 6.51. The van der Waals surface area contributed by atoms with Gasteiger partial charge < -0.3 is 24.7 Å². The van der Waals surface area contributed by atoms with E-state index in [0.717, 1.165) is 44.8 Å². The Bertz CT molecular complexity index is 1400. The number of pyridine rings is 1. The zero-order valence-electron chi connectivity index (χ0n) is 20.3. The predicted octanol–water partition coefficient (Wildman–Crippen LogP) is 5.56. The third kappa shape index (κ3) is 5.63. The first-order valence-electron chi connectivity index (χ1n) is 11.3. The fourth-order valence-electron chi connectivity index (χ4n) is 3.92. The van der Waals surface area contributed by atoms with E-state index >= 15 is 0 Å². The van der Waals surface area contributed by atoms with Crippen LogP contribution >= 0.6 is 12.2 Å². The van der Waals surface area contributed by atoms with E-state index in [2.05, 4.69) is 16.4 Å². The number of methoxy groups -OCH3 is 2. The van der Waals surface area contributed by atoms with Crippen molar-refractivity contribution in [1.82, 2.24) is 9.88 Å². The number of anilines is 1. The maximum absolute atomic E-state index is 13.0. The standard InChI is InChI=1S/C28H29N3O3S/c1-18-5-8-21-15-22(27(32)30-26(21)19(18)2)17-31(16-20-6-11-24(33-3)12-7-20)28(35)29-23-9-13-25(34-4)14-10-23/h5-15H,16-17H2,1-4H3,(H,29,35)(H,30,32). The van der Waals surface area contributed by atoms with Gasteiger partial charge >= 0.3 is 0 Å². The Hall–Kier alpha value is -3.84. The molecule has 4 rings (SSSR count). The van der Waals surface area contributed by atoms with Crippen LogP contribution in [-0.4, -0.2) is 29.2 Å². The molecule has 0 amide bonds. The third-order valence-electron chi connectivity index (χ3n) is 6.15. The number of H-pyrrole nitrogens is 1. The van der Waals surface area contributed by atoms with E-state index in [1.54, 1.807) is 14.2 Å². The van der Waals surface area contributed by atoms with E-state index in [1.165, 1.54) is 0 Å². The van der Waals surface area contributed by atoms with Gasteiger partial charge in [0.2, 0.25) is 0 Å². The molecule has 4 aromatic rings. The molecule has 1 heterocycles. The van der Waals surface area contributed by atoms with E-state index in [9.17, 15) is 4.79 Å². The van der Waals surface area contributed by atoms with E-state index in [0.29, 0.717) is 23.8 Å². The van der Waals surface area contributed by atoms with E-state index < -0.39 is 0 Å². The molecule has 0 saturated carbocycles. The first-order chi connectivity index (χ1) is 16.9. The number of aromatic amines is 1. The molecule has 0 radical (unpaired) electrons. The van der Waals surface area contributed by atoms with Gasteiger partial charge in [-0.1, -0.05) is 24.3 Å². The lowest BCUT2D eigenvalue weighted by molar-refractivity contribution is 0.406. The second-order valence-electron chi connectivity index (χ2n) is 8.46. The van der Waals surface area contributed by atoms with Gasteiger partial charge in [0.15, 0.2) is 5.11 Å². The number of aromatic nitrogens is 1. The molecule has 0 unspecified atom stereocenters. The van der Waals surface area contributed by atoms with Crippen molar-refractivity contribution in [2.75, 3.05) is 19.5 Å². The minimum absolute atomic E-state index is 0.113. The molecule has 0 fully saturated rings. The fraction of sp³-hybridized carbons (Fsp3) is 0.214. The van der Waals surface area contributed by atoms with E-state index in [1.807, 2.05) is 79.4 Å². The molecular weight excluding hydrogens is 458 g/mol. The van der Waals surface area contributed by atoms with Gasteiger partial charge in [-0.05, 0) is 90.6 Å². The lowest BCUT2D eigenvalue weighted by Gasteiger charge is -2.26. The molecule has 0 atom stereocenters. The molecule has 0 aliphatic carbocycles. The van der Waals surface area contributed by atoms with Crippen molar-refractivity contribution in [3.63, 3.8) is 0 Å².